The first-order valence-corrected chi connectivity index (χ1v) is 9.96. The van der Waals surface area contributed by atoms with Gasteiger partial charge < -0.3 is 0 Å². The molecular formula is C21H27P. The molecule has 0 aliphatic heterocycles. The van der Waals surface area contributed by atoms with Crippen molar-refractivity contribution >= 4 is 7.92 Å². The molecule has 1 aliphatic carbocycles. The van der Waals surface area contributed by atoms with Crippen LogP contribution in [0, 0.1) is 0 Å². The monoisotopic (exact) mass is 310 g/mol. The molecule has 116 valence electrons. The summed E-state index contributed by atoms with van der Waals surface area (Å²) in [5, 5.41) is 0.763. The Morgan fingerprint density at radius 3 is 1.59 bits per heavy atom. The molecular weight excluding hydrogens is 283 g/mol. The molecule has 1 heteroatoms. The molecule has 0 aromatic heterocycles. The molecule has 0 saturated heterocycles. The van der Waals surface area contributed by atoms with Gasteiger partial charge in [-0.25, -0.2) is 0 Å². The van der Waals surface area contributed by atoms with Crippen LogP contribution in [-0.2, 0) is 5.41 Å². The van der Waals surface area contributed by atoms with Crippen molar-refractivity contribution in [2.45, 2.75) is 49.8 Å². The van der Waals surface area contributed by atoms with Gasteiger partial charge in [0.25, 0.3) is 0 Å². The first-order valence-electron chi connectivity index (χ1n) is 8.17. The van der Waals surface area contributed by atoms with Crippen molar-refractivity contribution in [1.29, 1.82) is 0 Å². The van der Waals surface area contributed by atoms with Gasteiger partial charge in [-0.05, 0) is 29.4 Å². The summed E-state index contributed by atoms with van der Waals surface area (Å²) in [6, 6.07) is 22.3. The van der Waals surface area contributed by atoms with E-state index in [-0.39, 0.29) is 13.3 Å². The Balaban J connectivity index is 2.13. The third-order valence-electron chi connectivity index (χ3n) is 5.68. The Labute approximate surface area is 136 Å². The van der Waals surface area contributed by atoms with Crippen molar-refractivity contribution in [2.24, 2.45) is 0 Å². The van der Waals surface area contributed by atoms with E-state index in [1.54, 1.807) is 0 Å². The highest BCUT2D eigenvalue weighted by Gasteiger charge is 2.69. The van der Waals surface area contributed by atoms with Gasteiger partial charge in [0.2, 0.25) is 0 Å². The van der Waals surface area contributed by atoms with E-state index in [0.717, 1.165) is 0 Å². The summed E-state index contributed by atoms with van der Waals surface area (Å²) in [5.74, 6) is 0. The van der Waals surface area contributed by atoms with Crippen LogP contribution < -0.4 is 0 Å². The van der Waals surface area contributed by atoms with Gasteiger partial charge in [-0.3, -0.25) is 0 Å². The maximum Gasteiger partial charge on any atom is 0.0305 e. The molecule has 0 bridgehead atoms. The Morgan fingerprint density at radius 1 is 0.818 bits per heavy atom. The number of hydrogen-bond donors (Lipinski definition) is 0. The van der Waals surface area contributed by atoms with E-state index in [9.17, 15) is 0 Å². The Hall–Kier alpha value is -1.13. The van der Waals surface area contributed by atoms with Crippen molar-refractivity contribution in [3.05, 3.63) is 71.8 Å². The van der Waals surface area contributed by atoms with E-state index in [4.69, 9.17) is 0 Å². The Bertz CT molecular complexity index is 599. The lowest BCUT2D eigenvalue weighted by atomic mass is 9.86. The number of hydrogen-bond acceptors (Lipinski definition) is 0. The van der Waals surface area contributed by atoms with Crippen molar-refractivity contribution in [3.63, 3.8) is 0 Å². The second-order valence-electron chi connectivity index (χ2n) is 7.82. The molecule has 22 heavy (non-hydrogen) atoms. The maximum atomic E-state index is 2.52. The van der Waals surface area contributed by atoms with Crippen molar-refractivity contribution in [1.82, 2.24) is 0 Å². The fourth-order valence-corrected chi connectivity index (χ4v) is 6.84. The molecule has 3 rings (SSSR count). The van der Waals surface area contributed by atoms with Crippen LogP contribution in [0.15, 0.2) is 60.7 Å². The van der Waals surface area contributed by atoms with Gasteiger partial charge in [-0.15, -0.1) is 0 Å². The fourth-order valence-electron chi connectivity index (χ4n) is 4.06. The van der Waals surface area contributed by atoms with Crippen LogP contribution in [0.1, 0.15) is 45.2 Å². The summed E-state index contributed by atoms with van der Waals surface area (Å²) >= 11 is 0. The number of benzene rings is 2. The van der Waals surface area contributed by atoms with Gasteiger partial charge in [0.15, 0.2) is 0 Å². The van der Waals surface area contributed by atoms with Crippen LogP contribution in [0.5, 0.6) is 0 Å². The minimum Gasteiger partial charge on any atom is -0.0970 e. The van der Waals surface area contributed by atoms with E-state index in [0.29, 0.717) is 10.3 Å². The quantitative estimate of drug-likeness (QED) is 0.606. The first-order chi connectivity index (χ1) is 10.3. The highest BCUT2D eigenvalue weighted by atomic mass is 31.1. The standard InChI is InChI=1S/C21H27P/c1-19(2,3)22(5)20(4)16-21(20,17-12-8-6-9-13-17)18-14-10-7-11-15-18/h6-15H,16H2,1-5H3. The van der Waals surface area contributed by atoms with Crippen LogP contribution in [0.3, 0.4) is 0 Å². The first kappa shape index (κ1) is 15.8. The van der Waals surface area contributed by atoms with E-state index >= 15 is 0 Å². The summed E-state index contributed by atoms with van der Waals surface area (Å²) in [6.45, 7) is 12.2. The summed E-state index contributed by atoms with van der Waals surface area (Å²) < 4.78 is 0. The SMILES string of the molecule is CP(C(C)(C)C)C1(C)CC1(c1ccccc1)c1ccccc1. The number of rotatable bonds is 3. The maximum absolute atomic E-state index is 2.52. The lowest BCUT2D eigenvalue weighted by Crippen LogP contribution is -2.27. The summed E-state index contributed by atoms with van der Waals surface area (Å²) in [4.78, 5) is 0. The van der Waals surface area contributed by atoms with Crippen LogP contribution in [-0.4, -0.2) is 17.0 Å². The second-order valence-corrected chi connectivity index (χ2v) is 11.3. The van der Waals surface area contributed by atoms with Gasteiger partial charge in [-0.1, -0.05) is 96.3 Å². The van der Waals surface area contributed by atoms with Gasteiger partial charge in [-0.2, -0.15) is 0 Å². The Kier molecular flexibility index (Phi) is 3.73. The molecule has 2 atom stereocenters. The van der Waals surface area contributed by atoms with Gasteiger partial charge in [0.1, 0.15) is 0 Å². The lowest BCUT2D eigenvalue weighted by molar-refractivity contribution is 0.725. The smallest absolute Gasteiger partial charge is 0.0305 e. The molecule has 2 aromatic carbocycles. The third-order valence-corrected chi connectivity index (χ3v) is 9.72. The molecule has 2 aromatic rings. The minimum absolute atomic E-state index is 0.0867. The zero-order valence-electron chi connectivity index (χ0n) is 14.4. The van der Waals surface area contributed by atoms with Crippen molar-refractivity contribution in [2.75, 3.05) is 6.66 Å². The van der Waals surface area contributed by atoms with E-state index < -0.39 is 0 Å². The minimum atomic E-state index is -0.0867. The van der Waals surface area contributed by atoms with Gasteiger partial charge >= 0.3 is 0 Å². The highest BCUT2D eigenvalue weighted by Crippen LogP contribution is 2.78. The molecule has 0 spiro atoms. The van der Waals surface area contributed by atoms with E-state index in [1.807, 2.05) is 0 Å². The zero-order valence-corrected chi connectivity index (χ0v) is 15.3. The molecule has 0 N–H and O–H groups in total. The van der Waals surface area contributed by atoms with Gasteiger partial charge in [0, 0.05) is 10.6 Å². The van der Waals surface area contributed by atoms with E-state index in [1.165, 1.54) is 17.5 Å². The molecule has 0 radical (unpaired) electrons. The normalized spacial score (nSPS) is 24.8. The van der Waals surface area contributed by atoms with Crippen LogP contribution in [0.4, 0.5) is 0 Å². The van der Waals surface area contributed by atoms with Crippen molar-refractivity contribution in [3.8, 4) is 0 Å². The van der Waals surface area contributed by atoms with Crippen LogP contribution >= 0.6 is 7.92 Å². The summed E-state index contributed by atoms with van der Waals surface area (Å²) in [7, 11) is -0.0867. The second kappa shape index (κ2) is 5.20. The molecule has 0 heterocycles. The lowest BCUT2D eigenvalue weighted by Gasteiger charge is -2.38. The highest BCUT2D eigenvalue weighted by molar-refractivity contribution is 7.60. The van der Waals surface area contributed by atoms with Crippen molar-refractivity contribution < 1.29 is 0 Å². The third kappa shape index (κ3) is 2.24. The molecule has 1 aliphatic rings. The average Bonchev–Trinajstić information content (AvgIpc) is 3.16. The molecule has 1 saturated carbocycles. The van der Waals surface area contributed by atoms with Gasteiger partial charge in [0.05, 0.1) is 0 Å². The molecule has 2 unspecified atom stereocenters. The molecule has 0 nitrogen and oxygen atoms in total. The largest absolute Gasteiger partial charge is 0.0970 e. The average molecular weight is 310 g/mol. The Morgan fingerprint density at radius 2 is 1.23 bits per heavy atom. The zero-order chi connectivity index (χ0) is 16.0. The summed E-state index contributed by atoms with van der Waals surface area (Å²) in [6.07, 6.45) is 1.27. The van der Waals surface area contributed by atoms with Crippen LogP contribution in [0.2, 0.25) is 0 Å². The summed E-state index contributed by atoms with van der Waals surface area (Å²) in [5.41, 5.74) is 3.17. The van der Waals surface area contributed by atoms with Crippen LogP contribution in [0.25, 0.3) is 0 Å². The van der Waals surface area contributed by atoms with E-state index in [2.05, 4.69) is 95.0 Å². The fraction of sp³-hybridized carbons (Fsp3) is 0.429. The topological polar surface area (TPSA) is 0 Å². The molecule has 0 amide bonds. The predicted molar refractivity (Wildman–Crippen MR) is 99.3 cm³/mol. The predicted octanol–water partition coefficient (Wildman–Crippen LogP) is 6.05. The molecule has 1 fully saturated rings.